The zero-order chi connectivity index (χ0) is 10.5. The van der Waals surface area contributed by atoms with Crippen molar-refractivity contribution in [1.82, 2.24) is 10.2 Å². The smallest absolute Gasteiger partial charge is 0.205 e. The van der Waals surface area contributed by atoms with E-state index in [-0.39, 0.29) is 12.6 Å². The summed E-state index contributed by atoms with van der Waals surface area (Å²) >= 11 is 1.42. The van der Waals surface area contributed by atoms with Crippen LogP contribution in [0.2, 0.25) is 0 Å². The van der Waals surface area contributed by atoms with Crippen LogP contribution in [-0.4, -0.2) is 21.9 Å². The summed E-state index contributed by atoms with van der Waals surface area (Å²) in [5.41, 5.74) is 2.69. The Labute approximate surface area is 91.6 Å². The van der Waals surface area contributed by atoms with Gasteiger partial charge in [0, 0.05) is 0 Å². The van der Waals surface area contributed by atoms with Gasteiger partial charge in [-0.1, -0.05) is 41.7 Å². The number of anilines is 1. The molecule has 0 radical (unpaired) electrons. The van der Waals surface area contributed by atoms with Crippen molar-refractivity contribution >= 4 is 16.5 Å². The van der Waals surface area contributed by atoms with Gasteiger partial charge in [0.2, 0.25) is 5.13 Å². The van der Waals surface area contributed by atoms with Crippen molar-refractivity contribution in [3.05, 3.63) is 41.4 Å². The first-order chi connectivity index (χ1) is 7.40. The summed E-state index contributed by atoms with van der Waals surface area (Å²) in [5.74, 6) is 0. The van der Waals surface area contributed by atoms with E-state index in [1.54, 1.807) is 5.51 Å². The number of hydrogen-bond donors (Lipinski definition) is 2. The van der Waals surface area contributed by atoms with Crippen LogP contribution >= 0.6 is 11.3 Å². The maximum absolute atomic E-state index is 9.27. The van der Waals surface area contributed by atoms with Crippen LogP contribution in [0.5, 0.6) is 0 Å². The fourth-order valence-electron chi connectivity index (χ4n) is 1.30. The van der Waals surface area contributed by atoms with Crippen molar-refractivity contribution in [3.8, 4) is 0 Å². The molecule has 1 heterocycles. The number of benzene rings is 1. The normalized spacial score (nSPS) is 12.3. The molecule has 78 valence electrons. The number of nitrogens with zero attached hydrogens (tertiary/aromatic N) is 2. The molecule has 1 unspecified atom stereocenters. The van der Waals surface area contributed by atoms with Gasteiger partial charge in [0.15, 0.2) is 0 Å². The van der Waals surface area contributed by atoms with Crippen LogP contribution in [0.4, 0.5) is 5.13 Å². The molecule has 2 rings (SSSR count). The Morgan fingerprint density at radius 2 is 2.13 bits per heavy atom. The maximum atomic E-state index is 9.27. The highest BCUT2D eigenvalue weighted by Gasteiger charge is 2.10. The number of aliphatic hydroxyl groups is 1. The molecule has 1 atom stereocenters. The van der Waals surface area contributed by atoms with Gasteiger partial charge in [-0.2, -0.15) is 0 Å². The molecular formula is C10H11N3OS. The van der Waals surface area contributed by atoms with Gasteiger partial charge in [0.25, 0.3) is 0 Å². The van der Waals surface area contributed by atoms with Crippen LogP contribution in [0.3, 0.4) is 0 Å². The van der Waals surface area contributed by atoms with E-state index in [0.717, 1.165) is 10.7 Å². The van der Waals surface area contributed by atoms with Gasteiger partial charge in [-0.15, -0.1) is 10.2 Å². The molecule has 0 aliphatic rings. The lowest BCUT2D eigenvalue weighted by atomic mass is 10.1. The third kappa shape index (κ3) is 2.51. The lowest BCUT2D eigenvalue weighted by Gasteiger charge is -2.15. The van der Waals surface area contributed by atoms with Gasteiger partial charge in [0.1, 0.15) is 5.51 Å². The zero-order valence-corrected chi connectivity index (χ0v) is 8.81. The Hall–Kier alpha value is -1.46. The van der Waals surface area contributed by atoms with Crippen molar-refractivity contribution in [2.45, 2.75) is 6.04 Å². The summed E-state index contributed by atoms with van der Waals surface area (Å²) in [6.07, 6.45) is 0. The summed E-state index contributed by atoms with van der Waals surface area (Å²) in [7, 11) is 0. The van der Waals surface area contributed by atoms with Crippen molar-refractivity contribution in [2.75, 3.05) is 11.9 Å². The summed E-state index contributed by atoms with van der Waals surface area (Å²) in [5, 5.41) is 20.7. The summed E-state index contributed by atoms with van der Waals surface area (Å²) in [4.78, 5) is 0. The number of rotatable bonds is 4. The number of aromatic nitrogens is 2. The summed E-state index contributed by atoms with van der Waals surface area (Å²) in [6.45, 7) is 0.0313. The Morgan fingerprint density at radius 1 is 1.33 bits per heavy atom. The highest BCUT2D eigenvalue weighted by Crippen LogP contribution is 2.19. The Kier molecular flexibility index (Phi) is 3.26. The van der Waals surface area contributed by atoms with Gasteiger partial charge >= 0.3 is 0 Å². The number of aliphatic hydroxyl groups excluding tert-OH is 1. The van der Waals surface area contributed by atoms with Crippen molar-refractivity contribution in [2.24, 2.45) is 0 Å². The van der Waals surface area contributed by atoms with Gasteiger partial charge in [0.05, 0.1) is 12.6 Å². The highest BCUT2D eigenvalue weighted by atomic mass is 32.1. The fraction of sp³-hybridized carbons (Fsp3) is 0.200. The number of hydrogen-bond acceptors (Lipinski definition) is 5. The SMILES string of the molecule is OCC(Nc1nncs1)c1ccccc1. The minimum absolute atomic E-state index is 0.0313. The molecule has 0 aliphatic heterocycles. The van der Waals surface area contributed by atoms with Crippen molar-refractivity contribution in [1.29, 1.82) is 0 Å². The second kappa shape index (κ2) is 4.86. The van der Waals surface area contributed by atoms with Crippen LogP contribution < -0.4 is 5.32 Å². The molecule has 0 bridgehead atoms. The molecule has 0 spiro atoms. The molecule has 0 fully saturated rings. The average Bonchev–Trinajstić information content (AvgIpc) is 2.80. The molecular weight excluding hydrogens is 210 g/mol. The Bertz CT molecular complexity index is 390. The standard InChI is InChI=1S/C10H11N3OS/c14-6-9(8-4-2-1-3-5-8)12-10-13-11-7-15-10/h1-5,7,9,14H,6H2,(H,12,13). The first kappa shape index (κ1) is 10.1. The Morgan fingerprint density at radius 3 is 2.73 bits per heavy atom. The predicted octanol–water partition coefficient (Wildman–Crippen LogP) is 1.68. The molecule has 5 heteroatoms. The van der Waals surface area contributed by atoms with E-state index in [1.165, 1.54) is 11.3 Å². The van der Waals surface area contributed by atoms with E-state index in [2.05, 4.69) is 15.5 Å². The maximum Gasteiger partial charge on any atom is 0.205 e. The lowest BCUT2D eigenvalue weighted by Crippen LogP contribution is -2.14. The molecule has 1 aromatic heterocycles. The quantitative estimate of drug-likeness (QED) is 0.824. The molecule has 2 aromatic rings. The largest absolute Gasteiger partial charge is 0.394 e. The zero-order valence-electron chi connectivity index (χ0n) is 8.00. The van der Waals surface area contributed by atoms with E-state index < -0.39 is 0 Å². The first-order valence-electron chi connectivity index (χ1n) is 4.58. The third-order valence-electron chi connectivity index (χ3n) is 2.04. The first-order valence-corrected chi connectivity index (χ1v) is 5.46. The van der Waals surface area contributed by atoms with E-state index in [1.807, 2.05) is 30.3 Å². The van der Waals surface area contributed by atoms with E-state index >= 15 is 0 Å². The van der Waals surface area contributed by atoms with Gasteiger partial charge in [-0.25, -0.2) is 0 Å². The van der Waals surface area contributed by atoms with Crippen molar-refractivity contribution < 1.29 is 5.11 Å². The topological polar surface area (TPSA) is 58.0 Å². The van der Waals surface area contributed by atoms with E-state index in [0.29, 0.717) is 0 Å². The molecule has 0 saturated heterocycles. The molecule has 1 aromatic carbocycles. The monoisotopic (exact) mass is 221 g/mol. The summed E-state index contributed by atoms with van der Waals surface area (Å²) < 4.78 is 0. The van der Waals surface area contributed by atoms with Gasteiger partial charge < -0.3 is 10.4 Å². The van der Waals surface area contributed by atoms with Crippen molar-refractivity contribution in [3.63, 3.8) is 0 Å². The highest BCUT2D eigenvalue weighted by molar-refractivity contribution is 7.13. The second-order valence-electron chi connectivity index (χ2n) is 3.03. The van der Waals surface area contributed by atoms with Gasteiger partial charge in [-0.05, 0) is 5.56 Å². The number of nitrogens with one attached hydrogen (secondary N) is 1. The van der Waals surface area contributed by atoms with Gasteiger partial charge in [-0.3, -0.25) is 0 Å². The molecule has 2 N–H and O–H groups in total. The van der Waals surface area contributed by atoms with E-state index in [9.17, 15) is 5.11 Å². The van der Waals surface area contributed by atoms with Crippen LogP contribution in [0, 0.1) is 0 Å². The van der Waals surface area contributed by atoms with Crippen LogP contribution in [0.25, 0.3) is 0 Å². The molecule has 0 aliphatic carbocycles. The molecule has 0 amide bonds. The van der Waals surface area contributed by atoms with E-state index in [4.69, 9.17) is 0 Å². The third-order valence-corrected chi connectivity index (χ3v) is 2.66. The Balaban J connectivity index is 2.12. The lowest BCUT2D eigenvalue weighted by molar-refractivity contribution is 0.276. The molecule has 15 heavy (non-hydrogen) atoms. The van der Waals surface area contributed by atoms with Crippen LogP contribution in [0.1, 0.15) is 11.6 Å². The van der Waals surface area contributed by atoms with Crippen LogP contribution in [0.15, 0.2) is 35.8 Å². The van der Waals surface area contributed by atoms with Crippen LogP contribution in [-0.2, 0) is 0 Å². The second-order valence-corrected chi connectivity index (χ2v) is 3.87. The predicted molar refractivity (Wildman–Crippen MR) is 59.8 cm³/mol. The average molecular weight is 221 g/mol. The molecule has 0 saturated carbocycles. The molecule has 4 nitrogen and oxygen atoms in total. The summed E-state index contributed by atoms with van der Waals surface area (Å²) in [6, 6.07) is 9.64. The minimum Gasteiger partial charge on any atom is -0.394 e. The fourth-order valence-corrected chi connectivity index (χ4v) is 1.80. The minimum atomic E-state index is -0.126.